The van der Waals surface area contributed by atoms with Crippen molar-refractivity contribution in [1.82, 2.24) is 5.32 Å². The van der Waals surface area contributed by atoms with E-state index < -0.39 is 40.9 Å². The van der Waals surface area contributed by atoms with Gasteiger partial charge in [-0.15, -0.1) is 0 Å². The molecule has 2 aromatic rings. The lowest BCUT2D eigenvalue weighted by atomic mass is 10.0. The standard InChI is InChI=1S/C19H18F3N3O5/c1-30-16-6-5-14(25(28)29)9-12(16)10-15(18(23)27)24-17(26)8-11-3-2-4-13(7-11)19(20,21)22/h2-7,9,15H,8,10H2,1H3,(H2,23,27)(H,24,26)/t15-/m0/s1. The quantitative estimate of drug-likeness (QED) is 0.496. The van der Waals surface area contributed by atoms with Crippen LogP contribution in [0.25, 0.3) is 0 Å². The van der Waals surface area contributed by atoms with Gasteiger partial charge in [0, 0.05) is 24.1 Å². The van der Waals surface area contributed by atoms with Gasteiger partial charge in [0.15, 0.2) is 0 Å². The van der Waals surface area contributed by atoms with Crippen LogP contribution in [0.4, 0.5) is 18.9 Å². The molecule has 160 valence electrons. The predicted molar refractivity (Wildman–Crippen MR) is 99.6 cm³/mol. The second-order valence-corrected chi connectivity index (χ2v) is 6.35. The van der Waals surface area contributed by atoms with Crippen LogP contribution in [-0.4, -0.2) is 29.9 Å². The fourth-order valence-corrected chi connectivity index (χ4v) is 2.77. The fraction of sp³-hybridized carbons (Fsp3) is 0.263. The topological polar surface area (TPSA) is 125 Å². The van der Waals surface area contributed by atoms with Crippen LogP contribution in [0.5, 0.6) is 5.75 Å². The average Bonchev–Trinajstić information content (AvgIpc) is 2.66. The van der Waals surface area contributed by atoms with E-state index in [1.54, 1.807) is 0 Å². The van der Waals surface area contributed by atoms with Gasteiger partial charge in [-0.05, 0) is 17.7 Å². The van der Waals surface area contributed by atoms with Gasteiger partial charge in [0.2, 0.25) is 11.8 Å². The van der Waals surface area contributed by atoms with Gasteiger partial charge in [0.05, 0.1) is 24.0 Å². The Hall–Kier alpha value is -3.63. The first-order valence-electron chi connectivity index (χ1n) is 8.57. The third-order valence-electron chi connectivity index (χ3n) is 4.20. The first-order chi connectivity index (χ1) is 14.0. The molecule has 11 heteroatoms. The van der Waals surface area contributed by atoms with E-state index in [1.807, 2.05) is 0 Å². The molecule has 0 fully saturated rings. The largest absolute Gasteiger partial charge is 0.496 e. The minimum absolute atomic E-state index is 0.0958. The van der Waals surface area contributed by atoms with Gasteiger partial charge < -0.3 is 15.8 Å². The Morgan fingerprint density at radius 3 is 2.50 bits per heavy atom. The first-order valence-corrected chi connectivity index (χ1v) is 8.57. The monoisotopic (exact) mass is 425 g/mol. The van der Waals surface area contributed by atoms with Crippen molar-refractivity contribution < 1.29 is 32.4 Å². The highest BCUT2D eigenvalue weighted by atomic mass is 19.4. The lowest BCUT2D eigenvalue weighted by molar-refractivity contribution is -0.384. The first kappa shape index (κ1) is 22.7. The number of carbonyl (C=O) groups excluding carboxylic acids is 2. The SMILES string of the molecule is COc1ccc([N+](=O)[O-])cc1C[C@H](NC(=O)Cc1cccc(C(F)(F)F)c1)C(N)=O. The van der Waals surface area contributed by atoms with E-state index in [9.17, 15) is 32.9 Å². The van der Waals surface area contributed by atoms with Crippen LogP contribution in [0.3, 0.4) is 0 Å². The van der Waals surface area contributed by atoms with E-state index in [2.05, 4.69) is 5.32 Å². The molecule has 0 aromatic heterocycles. The zero-order chi connectivity index (χ0) is 22.5. The number of halogens is 3. The number of methoxy groups -OCH3 is 1. The molecular formula is C19H18F3N3O5. The summed E-state index contributed by atoms with van der Waals surface area (Å²) in [5.41, 5.74) is 4.53. The van der Waals surface area contributed by atoms with Crippen LogP contribution in [0.2, 0.25) is 0 Å². The van der Waals surface area contributed by atoms with Crippen molar-refractivity contribution in [1.29, 1.82) is 0 Å². The van der Waals surface area contributed by atoms with Gasteiger partial charge >= 0.3 is 6.18 Å². The summed E-state index contributed by atoms with van der Waals surface area (Å²) in [5.74, 6) is -1.40. The molecule has 30 heavy (non-hydrogen) atoms. The number of nitrogens with zero attached hydrogens (tertiary/aromatic N) is 1. The Kier molecular flexibility index (Phi) is 6.98. The number of primary amides is 1. The summed E-state index contributed by atoms with van der Waals surface area (Å²) in [6, 6.07) is 6.73. The van der Waals surface area contributed by atoms with Crippen molar-refractivity contribution >= 4 is 17.5 Å². The molecule has 1 atom stereocenters. The number of carbonyl (C=O) groups is 2. The zero-order valence-electron chi connectivity index (χ0n) is 15.7. The maximum Gasteiger partial charge on any atom is 0.416 e. The number of amides is 2. The van der Waals surface area contributed by atoms with Gasteiger partial charge in [-0.1, -0.05) is 18.2 Å². The molecule has 0 heterocycles. The summed E-state index contributed by atoms with van der Waals surface area (Å²) in [6.07, 6.45) is -5.17. The molecular weight excluding hydrogens is 407 g/mol. The van der Waals surface area contributed by atoms with Crippen molar-refractivity contribution in [2.24, 2.45) is 5.73 Å². The molecule has 0 aliphatic heterocycles. The lowest BCUT2D eigenvalue weighted by Crippen LogP contribution is -2.46. The van der Waals surface area contributed by atoms with E-state index in [1.165, 1.54) is 37.4 Å². The van der Waals surface area contributed by atoms with Crippen molar-refractivity contribution in [3.8, 4) is 5.75 Å². The number of hydrogen-bond donors (Lipinski definition) is 2. The summed E-state index contributed by atoms with van der Waals surface area (Å²) < 4.78 is 43.5. The molecule has 2 rings (SSSR count). The highest BCUT2D eigenvalue weighted by Crippen LogP contribution is 2.29. The van der Waals surface area contributed by atoms with Crippen molar-refractivity contribution in [2.75, 3.05) is 7.11 Å². The van der Waals surface area contributed by atoms with Crippen LogP contribution in [0.1, 0.15) is 16.7 Å². The van der Waals surface area contributed by atoms with Gasteiger partial charge in [-0.3, -0.25) is 19.7 Å². The molecule has 3 N–H and O–H groups in total. The molecule has 0 aliphatic carbocycles. The van der Waals surface area contributed by atoms with Crippen LogP contribution in [-0.2, 0) is 28.6 Å². The Bertz CT molecular complexity index is 963. The molecule has 2 aromatic carbocycles. The number of benzene rings is 2. The normalized spacial score (nSPS) is 12.1. The second-order valence-electron chi connectivity index (χ2n) is 6.35. The molecule has 0 spiro atoms. The third kappa shape index (κ3) is 5.93. The molecule has 0 saturated heterocycles. The summed E-state index contributed by atoms with van der Waals surface area (Å²) in [6.45, 7) is 0. The minimum Gasteiger partial charge on any atom is -0.496 e. The number of rotatable bonds is 8. The number of alkyl halides is 3. The fourth-order valence-electron chi connectivity index (χ4n) is 2.77. The highest BCUT2D eigenvalue weighted by molar-refractivity contribution is 5.87. The van der Waals surface area contributed by atoms with Crippen LogP contribution < -0.4 is 15.8 Å². The molecule has 0 saturated carbocycles. The Morgan fingerprint density at radius 2 is 1.93 bits per heavy atom. The zero-order valence-corrected chi connectivity index (χ0v) is 15.7. The van der Waals surface area contributed by atoms with Crippen LogP contribution in [0, 0.1) is 10.1 Å². The number of nitrogens with one attached hydrogen (secondary N) is 1. The van der Waals surface area contributed by atoms with Crippen LogP contribution in [0.15, 0.2) is 42.5 Å². The van der Waals surface area contributed by atoms with Gasteiger partial charge in [0.25, 0.3) is 5.69 Å². The Balaban J connectivity index is 2.17. The maximum absolute atomic E-state index is 12.8. The highest BCUT2D eigenvalue weighted by Gasteiger charge is 2.30. The van der Waals surface area contributed by atoms with E-state index in [0.717, 1.165) is 12.1 Å². The minimum atomic E-state index is -4.55. The van der Waals surface area contributed by atoms with Crippen molar-refractivity contribution in [3.05, 3.63) is 69.3 Å². The smallest absolute Gasteiger partial charge is 0.416 e. The van der Waals surface area contributed by atoms with Gasteiger partial charge in [-0.25, -0.2) is 0 Å². The van der Waals surface area contributed by atoms with Crippen molar-refractivity contribution in [3.63, 3.8) is 0 Å². The lowest BCUT2D eigenvalue weighted by Gasteiger charge is -2.17. The number of nitro benzene ring substituents is 1. The van der Waals surface area contributed by atoms with E-state index in [0.29, 0.717) is 0 Å². The van der Waals surface area contributed by atoms with E-state index in [4.69, 9.17) is 10.5 Å². The molecule has 0 bridgehead atoms. The number of ether oxygens (including phenoxy) is 1. The third-order valence-corrected chi connectivity index (χ3v) is 4.20. The number of hydrogen-bond acceptors (Lipinski definition) is 5. The number of nitro groups is 1. The molecule has 8 nitrogen and oxygen atoms in total. The van der Waals surface area contributed by atoms with E-state index >= 15 is 0 Å². The molecule has 0 radical (unpaired) electrons. The van der Waals surface area contributed by atoms with E-state index in [-0.39, 0.29) is 29.0 Å². The Labute approximate surface area is 169 Å². The maximum atomic E-state index is 12.8. The number of non-ortho nitro benzene ring substituents is 1. The van der Waals surface area contributed by atoms with Gasteiger partial charge in [0.1, 0.15) is 11.8 Å². The molecule has 0 unspecified atom stereocenters. The van der Waals surface area contributed by atoms with Crippen LogP contribution >= 0.6 is 0 Å². The summed E-state index contributed by atoms with van der Waals surface area (Å²) >= 11 is 0. The molecule has 2 amide bonds. The molecule has 0 aliphatic rings. The summed E-state index contributed by atoms with van der Waals surface area (Å²) in [5, 5.41) is 13.3. The second kappa shape index (κ2) is 9.25. The predicted octanol–water partition coefficient (Wildman–Crippen LogP) is 2.38. The number of nitrogens with two attached hydrogens (primary N) is 1. The summed E-state index contributed by atoms with van der Waals surface area (Å²) in [4.78, 5) is 34.4. The average molecular weight is 425 g/mol. The summed E-state index contributed by atoms with van der Waals surface area (Å²) in [7, 11) is 1.33. The van der Waals surface area contributed by atoms with Crippen molar-refractivity contribution in [2.45, 2.75) is 25.1 Å². The Morgan fingerprint density at radius 1 is 1.23 bits per heavy atom. The van der Waals surface area contributed by atoms with Gasteiger partial charge in [-0.2, -0.15) is 13.2 Å².